The van der Waals surface area contributed by atoms with Crippen LogP contribution in [0.3, 0.4) is 0 Å². The molecule has 2 unspecified atom stereocenters. The number of halogens is 1. The first-order valence-corrected chi connectivity index (χ1v) is 6.99. The fourth-order valence-electron chi connectivity index (χ4n) is 0.961. The SMILES string of the molecule is CO[SiH](CCC(C)C(C)Br)OC. The van der Waals surface area contributed by atoms with Gasteiger partial charge in [0.05, 0.1) is 0 Å². The molecule has 0 aromatic heterocycles. The Morgan fingerprint density at radius 3 is 2.08 bits per heavy atom. The fourth-order valence-corrected chi connectivity index (χ4v) is 2.69. The summed E-state index contributed by atoms with van der Waals surface area (Å²) in [5, 5.41) is 0. The fraction of sp³-hybridized carbons (Fsp3) is 1.00. The van der Waals surface area contributed by atoms with Crippen molar-refractivity contribution in [3.05, 3.63) is 0 Å². The quantitative estimate of drug-likeness (QED) is 0.535. The van der Waals surface area contributed by atoms with Crippen LogP contribution in [0.5, 0.6) is 0 Å². The lowest BCUT2D eigenvalue weighted by Gasteiger charge is -2.16. The minimum absolute atomic E-state index is 0.584. The molecule has 0 aliphatic rings. The summed E-state index contributed by atoms with van der Waals surface area (Å²) in [4.78, 5) is 0.584. The molecular formula is C8H19BrO2Si. The number of hydrogen-bond acceptors (Lipinski definition) is 2. The Balaban J connectivity index is 3.51. The molecule has 0 bridgehead atoms. The Morgan fingerprint density at radius 1 is 1.25 bits per heavy atom. The minimum Gasteiger partial charge on any atom is -0.400 e. The van der Waals surface area contributed by atoms with E-state index in [2.05, 4.69) is 29.8 Å². The van der Waals surface area contributed by atoms with Gasteiger partial charge in [0.1, 0.15) is 0 Å². The van der Waals surface area contributed by atoms with E-state index in [0.29, 0.717) is 10.7 Å². The summed E-state index contributed by atoms with van der Waals surface area (Å²) in [5.41, 5.74) is 0. The van der Waals surface area contributed by atoms with Gasteiger partial charge in [-0.3, -0.25) is 0 Å². The molecule has 0 fully saturated rings. The minimum atomic E-state index is -1.31. The Kier molecular flexibility index (Phi) is 7.43. The zero-order valence-electron chi connectivity index (χ0n) is 8.34. The molecule has 0 rings (SSSR count). The summed E-state index contributed by atoms with van der Waals surface area (Å²) in [6, 6.07) is 1.10. The van der Waals surface area contributed by atoms with Crippen LogP contribution in [0.2, 0.25) is 6.04 Å². The predicted octanol–water partition coefficient (Wildman–Crippen LogP) is 2.31. The highest BCUT2D eigenvalue weighted by molar-refractivity contribution is 9.09. The van der Waals surface area contributed by atoms with Crippen molar-refractivity contribution in [3.63, 3.8) is 0 Å². The molecule has 0 N–H and O–H groups in total. The molecule has 0 saturated carbocycles. The molecule has 0 radical (unpaired) electrons. The average Bonchev–Trinajstić information content (AvgIpc) is 2.05. The van der Waals surface area contributed by atoms with Crippen molar-refractivity contribution >= 4 is 25.2 Å². The summed E-state index contributed by atoms with van der Waals surface area (Å²) >= 11 is 3.57. The van der Waals surface area contributed by atoms with E-state index in [4.69, 9.17) is 8.85 Å². The Labute approximate surface area is 85.6 Å². The monoisotopic (exact) mass is 254 g/mol. The van der Waals surface area contributed by atoms with Crippen molar-refractivity contribution in [1.29, 1.82) is 0 Å². The van der Waals surface area contributed by atoms with E-state index in [1.807, 2.05) is 0 Å². The molecule has 0 spiro atoms. The van der Waals surface area contributed by atoms with Crippen LogP contribution in [0.15, 0.2) is 0 Å². The highest BCUT2D eigenvalue weighted by Gasteiger charge is 2.14. The first-order chi connectivity index (χ1) is 5.61. The van der Waals surface area contributed by atoms with E-state index in [-0.39, 0.29) is 0 Å². The largest absolute Gasteiger partial charge is 0.400 e. The summed E-state index contributed by atoms with van der Waals surface area (Å²) < 4.78 is 10.5. The van der Waals surface area contributed by atoms with Gasteiger partial charge in [-0.2, -0.15) is 0 Å². The van der Waals surface area contributed by atoms with Crippen LogP contribution in [-0.4, -0.2) is 28.3 Å². The normalized spacial score (nSPS) is 16.5. The molecule has 0 heterocycles. The lowest BCUT2D eigenvalue weighted by molar-refractivity contribution is 0.274. The lowest BCUT2D eigenvalue weighted by atomic mass is 10.1. The highest BCUT2D eigenvalue weighted by Crippen LogP contribution is 2.18. The second-order valence-corrected chi connectivity index (χ2v) is 6.96. The van der Waals surface area contributed by atoms with Gasteiger partial charge in [0.25, 0.3) is 0 Å². The molecular weight excluding hydrogens is 236 g/mol. The Morgan fingerprint density at radius 2 is 1.75 bits per heavy atom. The topological polar surface area (TPSA) is 18.5 Å². The highest BCUT2D eigenvalue weighted by atomic mass is 79.9. The first-order valence-electron chi connectivity index (χ1n) is 4.31. The van der Waals surface area contributed by atoms with Crippen LogP contribution in [0.1, 0.15) is 20.3 Å². The van der Waals surface area contributed by atoms with Crippen LogP contribution >= 0.6 is 15.9 Å². The molecule has 2 atom stereocenters. The van der Waals surface area contributed by atoms with Gasteiger partial charge in [0.15, 0.2) is 0 Å². The third-order valence-corrected chi connectivity index (χ3v) is 4.93. The molecule has 0 aliphatic heterocycles. The maximum atomic E-state index is 5.23. The van der Waals surface area contributed by atoms with E-state index in [9.17, 15) is 0 Å². The molecule has 0 aromatic carbocycles. The van der Waals surface area contributed by atoms with Gasteiger partial charge in [-0.25, -0.2) is 0 Å². The third kappa shape index (κ3) is 5.30. The Bertz CT molecular complexity index is 105. The van der Waals surface area contributed by atoms with Crippen molar-refractivity contribution in [2.45, 2.75) is 31.1 Å². The summed E-state index contributed by atoms with van der Waals surface area (Å²) in [7, 11) is 2.17. The van der Waals surface area contributed by atoms with Gasteiger partial charge in [-0.1, -0.05) is 29.8 Å². The van der Waals surface area contributed by atoms with Crippen LogP contribution in [0, 0.1) is 5.92 Å². The standard InChI is InChI=1S/C8H19BrO2Si/c1-7(8(2)9)5-6-12(10-3)11-4/h7-8,12H,5-6H2,1-4H3. The molecule has 2 nitrogen and oxygen atoms in total. The van der Waals surface area contributed by atoms with Gasteiger partial charge in [-0.15, -0.1) is 0 Å². The molecule has 12 heavy (non-hydrogen) atoms. The van der Waals surface area contributed by atoms with Gasteiger partial charge in [0.2, 0.25) is 0 Å². The van der Waals surface area contributed by atoms with Crippen LogP contribution < -0.4 is 0 Å². The first kappa shape index (κ1) is 12.6. The molecule has 4 heteroatoms. The third-order valence-electron chi connectivity index (χ3n) is 2.17. The molecule has 0 aliphatic carbocycles. The zero-order valence-corrected chi connectivity index (χ0v) is 11.1. The maximum absolute atomic E-state index is 5.23. The summed E-state index contributed by atoms with van der Waals surface area (Å²) in [5.74, 6) is 0.699. The molecule has 74 valence electrons. The van der Waals surface area contributed by atoms with Gasteiger partial charge < -0.3 is 8.85 Å². The number of rotatable bonds is 6. The van der Waals surface area contributed by atoms with Crippen molar-refractivity contribution in [3.8, 4) is 0 Å². The molecule has 0 aromatic rings. The van der Waals surface area contributed by atoms with Gasteiger partial charge in [-0.05, 0) is 18.4 Å². The van der Waals surface area contributed by atoms with Gasteiger partial charge in [0, 0.05) is 19.0 Å². The predicted molar refractivity (Wildman–Crippen MR) is 58.1 cm³/mol. The molecule has 0 amide bonds. The second-order valence-electron chi connectivity index (χ2n) is 3.13. The van der Waals surface area contributed by atoms with Gasteiger partial charge >= 0.3 is 9.28 Å². The number of alkyl halides is 1. The van der Waals surface area contributed by atoms with Crippen LogP contribution in [0.25, 0.3) is 0 Å². The van der Waals surface area contributed by atoms with E-state index in [0.717, 1.165) is 6.04 Å². The smallest absolute Gasteiger partial charge is 0.320 e. The van der Waals surface area contributed by atoms with Crippen molar-refractivity contribution in [2.24, 2.45) is 5.92 Å². The van der Waals surface area contributed by atoms with Crippen molar-refractivity contribution in [1.82, 2.24) is 0 Å². The zero-order chi connectivity index (χ0) is 9.56. The average molecular weight is 255 g/mol. The lowest BCUT2D eigenvalue weighted by Crippen LogP contribution is -2.20. The van der Waals surface area contributed by atoms with E-state index in [1.54, 1.807) is 14.2 Å². The molecule has 0 saturated heterocycles. The maximum Gasteiger partial charge on any atom is 0.320 e. The summed E-state index contributed by atoms with van der Waals surface area (Å²) in [6.07, 6.45) is 1.19. The Hall–Kier alpha value is 0.617. The van der Waals surface area contributed by atoms with E-state index >= 15 is 0 Å². The van der Waals surface area contributed by atoms with Crippen molar-refractivity contribution in [2.75, 3.05) is 14.2 Å². The number of hydrogen-bond donors (Lipinski definition) is 0. The second kappa shape index (κ2) is 7.06. The van der Waals surface area contributed by atoms with Crippen molar-refractivity contribution < 1.29 is 8.85 Å². The van der Waals surface area contributed by atoms with E-state index < -0.39 is 9.28 Å². The van der Waals surface area contributed by atoms with Crippen LogP contribution in [0.4, 0.5) is 0 Å². The summed E-state index contributed by atoms with van der Waals surface area (Å²) in [6.45, 7) is 4.43. The van der Waals surface area contributed by atoms with Crippen LogP contribution in [-0.2, 0) is 8.85 Å². The van der Waals surface area contributed by atoms with E-state index in [1.165, 1.54) is 6.42 Å².